The Hall–Kier alpha value is -2.69. The predicted molar refractivity (Wildman–Crippen MR) is 141 cm³/mol. The smallest absolute Gasteiger partial charge is 0.322 e. The van der Waals surface area contributed by atoms with E-state index in [4.69, 9.17) is 4.42 Å². The Morgan fingerprint density at radius 2 is 1.83 bits per heavy atom. The maximum absolute atomic E-state index is 13.1. The van der Waals surface area contributed by atoms with E-state index < -0.39 is 15.9 Å². The Morgan fingerprint density at radius 1 is 1.11 bits per heavy atom. The van der Waals surface area contributed by atoms with Gasteiger partial charge in [0.15, 0.2) is 0 Å². The van der Waals surface area contributed by atoms with Gasteiger partial charge in [-0.05, 0) is 61.2 Å². The Balaban J connectivity index is 1.37. The summed E-state index contributed by atoms with van der Waals surface area (Å²) in [6.45, 7) is 6.85. The van der Waals surface area contributed by atoms with E-state index in [1.807, 2.05) is 19.1 Å². The fourth-order valence-electron chi connectivity index (χ4n) is 4.29. The standard InChI is InChI=1S/C26H32N4O4S2/c1-4-21-7-5-6-16-30(21)36(32,33)23-14-10-20(11-15-23)25(31)27-26-29-28-24(34-26)17-19-8-12-22(13-9-19)35-18(2)3/h8-15,18,21H,4-7,16-17H2,1-3H3,(H,27,29,31). The van der Waals surface area contributed by atoms with Gasteiger partial charge in [-0.25, -0.2) is 8.42 Å². The SMILES string of the molecule is CCC1CCCCN1S(=O)(=O)c1ccc(C(=O)Nc2nnc(Cc3ccc(SC(C)C)cc3)o2)cc1. The van der Waals surface area contributed by atoms with Gasteiger partial charge in [0, 0.05) is 28.3 Å². The summed E-state index contributed by atoms with van der Waals surface area (Å²) in [6.07, 6.45) is 4.03. The number of hydrogen-bond acceptors (Lipinski definition) is 7. The highest BCUT2D eigenvalue weighted by Crippen LogP contribution is 2.27. The van der Waals surface area contributed by atoms with Crippen molar-refractivity contribution in [2.45, 2.75) is 74.0 Å². The third-order valence-electron chi connectivity index (χ3n) is 6.11. The number of amides is 1. The fraction of sp³-hybridized carbons (Fsp3) is 0.423. The average Bonchev–Trinajstić information content (AvgIpc) is 3.31. The molecule has 1 aromatic heterocycles. The minimum absolute atomic E-state index is 0.00205. The topological polar surface area (TPSA) is 105 Å². The molecule has 1 amide bonds. The number of sulfonamides is 1. The predicted octanol–water partition coefficient (Wildman–Crippen LogP) is 5.37. The van der Waals surface area contributed by atoms with Gasteiger partial charge in [-0.2, -0.15) is 4.31 Å². The largest absolute Gasteiger partial charge is 0.407 e. The van der Waals surface area contributed by atoms with Crippen molar-refractivity contribution in [3.8, 4) is 0 Å². The second-order valence-electron chi connectivity index (χ2n) is 9.14. The molecule has 1 unspecified atom stereocenters. The Morgan fingerprint density at radius 3 is 2.50 bits per heavy atom. The van der Waals surface area contributed by atoms with Crippen molar-refractivity contribution in [1.82, 2.24) is 14.5 Å². The van der Waals surface area contributed by atoms with Gasteiger partial charge in [0.2, 0.25) is 15.9 Å². The molecular formula is C26H32N4O4S2. The summed E-state index contributed by atoms with van der Waals surface area (Å²) < 4.78 is 33.5. The highest BCUT2D eigenvalue weighted by Gasteiger charge is 2.32. The van der Waals surface area contributed by atoms with Crippen molar-refractivity contribution in [3.05, 3.63) is 65.5 Å². The van der Waals surface area contributed by atoms with Crippen molar-refractivity contribution < 1.29 is 17.6 Å². The van der Waals surface area contributed by atoms with Gasteiger partial charge >= 0.3 is 6.01 Å². The summed E-state index contributed by atoms with van der Waals surface area (Å²) in [4.78, 5) is 14.1. The molecule has 0 bridgehead atoms. The second-order valence-corrected chi connectivity index (χ2v) is 12.7. The number of carbonyl (C=O) groups is 1. The highest BCUT2D eigenvalue weighted by molar-refractivity contribution is 7.99. The molecule has 3 aromatic rings. The third kappa shape index (κ3) is 6.35. The number of aromatic nitrogens is 2. The molecule has 1 aliphatic heterocycles. The summed E-state index contributed by atoms with van der Waals surface area (Å²) >= 11 is 1.80. The number of nitrogens with zero attached hydrogens (tertiary/aromatic N) is 3. The molecule has 2 aromatic carbocycles. The minimum atomic E-state index is -3.60. The monoisotopic (exact) mass is 528 g/mol. The van der Waals surface area contributed by atoms with Crippen LogP contribution in [-0.2, 0) is 16.4 Å². The molecule has 4 rings (SSSR count). The first-order valence-corrected chi connectivity index (χ1v) is 14.6. The average molecular weight is 529 g/mol. The fourth-order valence-corrected chi connectivity index (χ4v) is 6.89. The van der Waals surface area contributed by atoms with Gasteiger partial charge in [0.1, 0.15) is 0 Å². The van der Waals surface area contributed by atoms with E-state index in [1.165, 1.54) is 29.2 Å². The number of piperidine rings is 1. The van der Waals surface area contributed by atoms with Gasteiger partial charge in [-0.1, -0.05) is 44.4 Å². The molecular weight excluding hydrogens is 496 g/mol. The summed E-state index contributed by atoms with van der Waals surface area (Å²) in [7, 11) is -3.60. The lowest BCUT2D eigenvalue weighted by Crippen LogP contribution is -2.43. The van der Waals surface area contributed by atoms with E-state index in [0.29, 0.717) is 29.7 Å². The number of benzene rings is 2. The van der Waals surface area contributed by atoms with Crippen molar-refractivity contribution in [1.29, 1.82) is 0 Å². The number of nitrogens with one attached hydrogen (secondary N) is 1. The number of hydrogen-bond donors (Lipinski definition) is 1. The van der Waals surface area contributed by atoms with Crippen LogP contribution in [0.4, 0.5) is 6.01 Å². The van der Waals surface area contributed by atoms with Crippen LogP contribution in [0.15, 0.2) is 62.7 Å². The molecule has 0 radical (unpaired) electrons. The van der Waals surface area contributed by atoms with Crippen molar-refractivity contribution in [2.75, 3.05) is 11.9 Å². The van der Waals surface area contributed by atoms with Gasteiger partial charge in [0.25, 0.3) is 5.91 Å². The Bertz CT molecular complexity index is 1270. The van der Waals surface area contributed by atoms with Gasteiger partial charge in [-0.15, -0.1) is 16.9 Å². The highest BCUT2D eigenvalue weighted by atomic mass is 32.2. The molecule has 1 N–H and O–H groups in total. The van der Waals surface area contributed by atoms with Crippen LogP contribution in [0, 0.1) is 0 Å². The normalized spacial score (nSPS) is 16.8. The molecule has 0 spiro atoms. The van der Waals surface area contributed by atoms with E-state index >= 15 is 0 Å². The maximum Gasteiger partial charge on any atom is 0.322 e. The lowest BCUT2D eigenvalue weighted by molar-refractivity contribution is 0.102. The van der Waals surface area contributed by atoms with Gasteiger partial charge in [0.05, 0.1) is 11.3 Å². The van der Waals surface area contributed by atoms with Crippen LogP contribution in [0.3, 0.4) is 0 Å². The summed E-state index contributed by atoms with van der Waals surface area (Å²) in [5.41, 5.74) is 1.33. The molecule has 2 heterocycles. The van der Waals surface area contributed by atoms with E-state index in [9.17, 15) is 13.2 Å². The quantitative estimate of drug-likeness (QED) is 0.372. The molecule has 0 saturated carbocycles. The van der Waals surface area contributed by atoms with Crippen LogP contribution in [0.2, 0.25) is 0 Å². The van der Waals surface area contributed by atoms with Crippen LogP contribution in [0.25, 0.3) is 0 Å². The van der Waals surface area contributed by atoms with Crippen LogP contribution in [-0.4, -0.2) is 46.7 Å². The lowest BCUT2D eigenvalue weighted by atomic mass is 10.0. The maximum atomic E-state index is 13.1. The summed E-state index contributed by atoms with van der Waals surface area (Å²) in [5, 5.41) is 11.0. The molecule has 10 heteroatoms. The molecule has 36 heavy (non-hydrogen) atoms. The van der Waals surface area contributed by atoms with Crippen LogP contribution in [0.5, 0.6) is 0 Å². The summed E-state index contributed by atoms with van der Waals surface area (Å²) in [6, 6.07) is 14.2. The molecule has 0 aliphatic carbocycles. The van der Waals surface area contributed by atoms with E-state index in [1.54, 1.807) is 16.1 Å². The number of anilines is 1. The number of rotatable bonds is 9. The minimum Gasteiger partial charge on any atom is -0.407 e. The second kappa shape index (κ2) is 11.6. The molecule has 192 valence electrons. The molecule has 1 fully saturated rings. The lowest BCUT2D eigenvalue weighted by Gasteiger charge is -2.34. The third-order valence-corrected chi connectivity index (χ3v) is 9.09. The van der Waals surface area contributed by atoms with E-state index in [0.717, 1.165) is 31.2 Å². The van der Waals surface area contributed by atoms with E-state index in [2.05, 4.69) is 41.5 Å². The van der Waals surface area contributed by atoms with Crippen molar-refractivity contribution in [3.63, 3.8) is 0 Å². The number of carbonyl (C=O) groups excluding carboxylic acids is 1. The number of thioether (sulfide) groups is 1. The Kier molecular flexibility index (Phi) is 8.48. The van der Waals surface area contributed by atoms with Crippen molar-refractivity contribution >= 4 is 33.7 Å². The van der Waals surface area contributed by atoms with Crippen molar-refractivity contribution in [2.24, 2.45) is 0 Å². The summed E-state index contributed by atoms with van der Waals surface area (Å²) in [5.74, 6) is -0.0587. The van der Waals surface area contributed by atoms with Gasteiger partial charge in [-0.3, -0.25) is 10.1 Å². The zero-order valence-electron chi connectivity index (χ0n) is 20.8. The van der Waals surface area contributed by atoms with Crippen LogP contribution in [0.1, 0.15) is 68.3 Å². The van der Waals surface area contributed by atoms with E-state index in [-0.39, 0.29) is 17.0 Å². The zero-order valence-corrected chi connectivity index (χ0v) is 22.4. The first kappa shape index (κ1) is 26.4. The Labute approximate surface area is 216 Å². The van der Waals surface area contributed by atoms with Crippen LogP contribution < -0.4 is 5.32 Å². The zero-order chi connectivity index (χ0) is 25.7. The van der Waals surface area contributed by atoms with Crippen LogP contribution >= 0.6 is 11.8 Å². The molecule has 1 saturated heterocycles. The molecule has 1 aliphatic rings. The molecule has 1 atom stereocenters. The van der Waals surface area contributed by atoms with Gasteiger partial charge < -0.3 is 4.42 Å². The first-order chi connectivity index (χ1) is 17.3. The first-order valence-electron chi connectivity index (χ1n) is 12.3. The molecule has 8 nitrogen and oxygen atoms in total.